The number of anilines is 2. The molecule has 1 aromatic rings. The molecule has 4 nitrogen and oxygen atoms in total. The third kappa shape index (κ3) is 3.08. The number of aryl methyl sites for hydroxylation is 1. The fourth-order valence-corrected chi connectivity index (χ4v) is 2.73. The molecule has 0 amide bonds. The maximum absolute atomic E-state index is 5.73. The minimum Gasteiger partial charge on any atom is -0.384 e. The van der Waals surface area contributed by atoms with E-state index >= 15 is 0 Å². The summed E-state index contributed by atoms with van der Waals surface area (Å²) >= 11 is 0. The largest absolute Gasteiger partial charge is 0.384 e. The number of nitrogens with two attached hydrogens (primary N) is 1. The highest BCUT2D eigenvalue weighted by atomic mass is 15.1. The van der Waals surface area contributed by atoms with E-state index in [9.17, 15) is 0 Å². The summed E-state index contributed by atoms with van der Waals surface area (Å²) in [6.07, 6.45) is 3.80. The van der Waals surface area contributed by atoms with Crippen molar-refractivity contribution in [1.82, 2.24) is 9.97 Å². The van der Waals surface area contributed by atoms with Crippen LogP contribution in [0.5, 0.6) is 0 Å². The normalized spacial score (nSPS) is 29.0. The molecule has 1 saturated carbocycles. The lowest BCUT2D eigenvalue weighted by atomic mass is 9.80. The zero-order valence-electron chi connectivity index (χ0n) is 10.9. The molecule has 0 aliphatic heterocycles. The van der Waals surface area contributed by atoms with Gasteiger partial charge in [-0.15, -0.1) is 0 Å². The van der Waals surface area contributed by atoms with Crippen LogP contribution < -0.4 is 11.1 Å². The molecule has 3 atom stereocenters. The van der Waals surface area contributed by atoms with Crippen LogP contribution in [0.25, 0.3) is 0 Å². The maximum Gasteiger partial charge on any atom is 0.132 e. The molecule has 17 heavy (non-hydrogen) atoms. The van der Waals surface area contributed by atoms with Crippen LogP contribution in [0.1, 0.15) is 38.9 Å². The second-order valence-electron chi connectivity index (χ2n) is 5.37. The number of nitrogens with zero attached hydrogens (tertiary/aromatic N) is 2. The molecule has 1 aliphatic carbocycles. The minimum absolute atomic E-state index is 0.514. The van der Waals surface area contributed by atoms with Crippen molar-refractivity contribution in [3.63, 3.8) is 0 Å². The molecular formula is C13H22N4. The monoisotopic (exact) mass is 234 g/mol. The van der Waals surface area contributed by atoms with E-state index in [1.165, 1.54) is 19.3 Å². The number of aromatic nitrogens is 2. The summed E-state index contributed by atoms with van der Waals surface area (Å²) in [6.45, 7) is 6.51. The predicted octanol–water partition coefficient (Wildman–Crippen LogP) is 2.60. The zero-order chi connectivity index (χ0) is 12.4. The lowest BCUT2D eigenvalue weighted by molar-refractivity contribution is 0.276. The number of hydrogen-bond donors (Lipinski definition) is 2. The highest BCUT2D eigenvalue weighted by Gasteiger charge is 2.25. The first kappa shape index (κ1) is 12.1. The standard InChI is InChI=1S/C13H22N4/c1-8-4-5-11(9(2)6-8)17-13-7-12(14)15-10(3)16-13/h7-9,11H,4-6H2,1-3H3,(H3,14,15,16,17). The molecule has 1 fully saturated rings. The second kappa shape index (κ2) is 4.90. The highest BCUT2D eigenvalue weighted by molar-refractivity contribution is 5.45. The zero-order valence-corrected chi connectivity index (χ0v) is 10.9. The van der Waals surface area contributed by atoms with Crippen molar-refractivity contribution in [3.8, 4) is 0 Å². The van der Waals surface area contributed by atoms with E-state index in [-0.39, 0.29) is 0 Å². The van der Waals surface area contributed by atoms with E-state index in [1.807, 2.05) is 13.0 Å². The summed E-state index contributed by atoms with van der Waals surface area (Å²) in [5, 5.41) is 3.50. The summed E-state index contributed by atoms with van der Waals surface area (Å²) in [5.41, 5.74) is 5.73. The Morgan fingerprint density at radius 3 is 2.71 bits per heavy atom. The molecule has 0 radical (unpaired) electrons. The molecule has 94 valence electrons. The van der Waals surface area contributed by atoms with E-state index in [0.717, 1.165) is 17.6 Å². The van der Waals surface area contributed by atoms with Gasteiger partial charge < -0.3 is 11.1 Å². The van der Waals surface area contributed by atoms with Gasteiger partial charge in [-0.25, -0.2) is 9.97 Å². The smallest absolute Gasteiger partial charge is 0.132 e. The Hall–Kier alpha value is -1.32. The lowest BCUT2D eigenvalue weighted by Crippen LogP contribution is -2.33. The molecule has 1 aromatic heterocycles. The first-order valence-corrected chi connectivity index (χ1v) is 6.42. The molecule has 0 bridgehead atoms. The average Bonchev–Trinajstić information content (AvgIpc) is 2.21. The van der Waals surface area contributed by atoms with Crippen molar-refractivity contribution in [2.24, 2.45) is 11.8 Å². The van der Waals surface area contributed by atoms with Crippen molar-refractivity contribution in [1.29, 1.82) is 0 Å². The maximum atomic E-state index is 5.73. The topological polar surface area (TPSA) is 63.8 Å². The molecule has 3 N–H and O–H groups in total. The summed E-state index contributed by atoms with van der Waals surface area (Å²) in [7, 11) is 0. The first-order chi connectivity index (χ1) is 8.04. The molecule has 2 rings (SSSR count). The molecule has 1 aliphatic rings. The van der Waals surface area contributed by atoms with Gasteiger partial charge in [0.25, 0.3) is 0 Å². The van der Waals surface area contributed by atoms with Crippen molar-refractivity contribution < 1.29 is 0 Å². The van der Waals surface area contributed by atoms with Crippen LogP contribution in [0.4, 0.5) is 11.6 Å². The van der Waals surface area contributed by atoms with Gasteiger partial charge in [-0.2, -0.15) is 0 Å². The van der Waals surface area contributed by atoms with Gasteiger partial charge in [0.05, 0.1) is 0 Å². The van der Waals surface area contributed by atoms with Crippen LogP contribution in [-0.2, 0) is 0 Å². The Morgan fingerprint density at radius 1 is 1.29 bits per heavy atom. The molecule has 0 spiro atoms. The van der Waals surface area contributed by atoms with E-state index in [0.29, 0.717) is 17.8 Å². The van der Waals surface area contributed by atoms with E-state index in [1.54, 1.807) is 0 Å². The number of hydrogen-bond acceptors (Lipinski definition) is 4. The molecule has 4 heteroatoms. The minimum atomic E-state index is 0.514. The fraction of sp³-hybridized carbons (Fsp3) is 0.692. The Balaban J connectivity index is 2.05. The van der Waals surface area contributed by atoms with Gasteiger partial charge in [-0.05, 0) is 38.0 Å². The van der Waals surface area contributed by atoms with Crippen molar-refractivity contribution >= 4 is 11.6 Å². The number of nitrogens with one attached hydrogen (secondary N) is 1. The second-order valence-corrected chi connectivity index (χ2v) is 5.37. The van der Waals surface area contributed by atoms with E-state index in [2.05, 4.69) is 29.1 Å². The van der Waals surface area contributed by atoms with Crippen LogP contribution in [0.2, 0.25) is 0 Å². The number of rotatable bonds is 2. The van der Waals surface area contributed by atoms with Crippen molar-refractivity contribution in [2.75, 3.05) is 11.1 Å². The third-order valence-electron chi connectivity index (χ3n) is 3.62. The van der Waals surface area contributed by atoms with Gasteiger partial charge in [-0.3, -0.25) is 0 Å². The van der Waals surface area contributed by atoms with Crippen molar-refractivity contribution in [2.45, 2.75) is 46.1 Å². The van der Waals surface area contributed by atoms with Gasteiger partial charge in [0, 0.05) is 12.1 Å². The molecule has 3 unspecified atom stereocenters. The molecule has 0 saturated heterocycles. The van der Waals surface area contributed by atoms with E-state index in [4.69, 9.17) is 5.73 Å². The van der Waals surface area contributed by atoms with Gasteiger partial charge in [0.1, 0.15) is 17.5 Å². The van der Waals surface area contributed by atoms with Gasteiger partial charge >= 0.3 is 0 Å². The Morgan fingerprint density at radius 2 is 2.06 bits per heavy atom. The molecular weight excluding hydrogens is 212 g/mol. The first-order valence-electron chi connectivity index (χ1n) is 6.42. The van der Waals surface area contributed by atoms with E-state index < -0.39 is 0 Å². The molecule has 1 heterocycles. The Kier molecular flexibility index (Phi) is 3.50. The predicted molar refractivity (Wildman–Crippen MR) is 70.8 cm³/mol. The average molecular weight is 234 g/mol. The number of nitrogen functional groups attached to an aromatic ring is 1. The van der Waals surface area contributed by atoms with Crippen LogP contribution in [0.3, 0.4) is 0 Å². The quantitative estimate of drug-likeness (QED) is 0.825. The van der Waals surface area contributed by atoms with Gasteiger partial charge in [0.15, 0.2) is 0 Å². The lowest BCUT2D eigenvalue weighted by Gasteiger charge is -2.33. The third-order valence-corrected chi connectivity index (χ3v) is 3.62. The summed E-state index contributed by atoms with van der Waals surface area (Å²) in [4.78, 5) is 8.46. The summed E-state index contributed by atoms with van der Waals surface area (Å²) in [5.74, 6) is 3.66. The van der Waals surface area contributed by atoms with Crippen LogP contribution in [0, 0.1) is 18.8 Å². The fourth-order valence-electron chi connectivity index (χ4n) is 2.73. The molecule has 0 aromatic carbocycles. The van der Waals surface area contributed by atoms with Gasteiger partial charge in [-0.1, -0.05) is 13.8 Å². The van der Waals surface area contributed by atoms with Crippen molar-refractivity contribution in [3.05, 3.63) is 11.9 Å². The Labute approximate surface area is 103 Å². The van der Waals surface area contributed by atoms with Crippen LogP contribution in [-0.4, -0.2) is 16.0 Å². The Bertz CT molecular complexity index is 371. The van der Waals surface area contributed by atoms with Crippen LogP contribution in [0.15, 0.2) is 6.07 Å². The SMILES string of the molecule is Cc1nc(N)cc(NC2CCC(C)CC2C)n1. The van der Waals surface area contributed by atoms with Gasteiger partial charge in [0.2, 0.25) is 0 Å². The summed E-state index contributed by atoms with van der Waals surface area (Å²) < 4.78 is 0. The highest BCUT2D eigenvalue weighted by Crippen LogP contribution is 2.30. The van der Waals surface area contributed by atoms with Crippen LogP contribution >= 0.6 is 0 Å². The summed E-state index contributed by atoms with van der Waals surface area (Å²) in [6, 6.07) is 2.33.